The van der Waals surface area contributed by atoms with Crippen LogP contribution in [0.5, 0.6) is 5.75 Å². The topological polar surface area (TPSA) is 49.8 Å². The summed E-state index contributed by atoms with van der Waals surface area (Å²) in [4.78, 5) is 13.9. The van der Waals surface area contributed by atoms with E-state index in [4.69, 9.17) is 4.74 Å². The monoisotopic (exact) mass is 295 g/mol. The van der Waals surface area contributed by atoms with E-state index in [9.17, 15) is 14.3 Å². The Hall–Kier alpha value is -1.62. The second-order valence-electron chi connectivity index (χ2n) is 6.63. The van der Waals surface area contributed by atoms with Gasteiger partial charge in [0, 0.05) is 6.07 Å². The Morgan fingerprint density at radius 1 is 1.48 bits per heavy atom. The van der Waals surface area contributed by atoms with Crippen LogP contribution in [0.15, 0.2) is 18.2 Å². The highest BCUT2D eigenvalue weighted by molar-refractivity contribution is 5.95. The maximum Gasteiger partial charge on any atom is 0.229 e. The van der Waals surface area contributed by atoms with Gasteiger partial charge in [-0.1, -0.05) is 20.8 Å². The Morgan fingerprint density at radius 2 is 2.19 bits per heavy atom. The number of anilines is 1. The van der Waals surface area contributed by atoms with Gasteiger partial charge in [0.2, 0.25) is 5.91 Å². The molecule has 5 heteroatoms. The van der Waals surface area contributed by atoms with Gasteiger partial charge in [0.05, 0.1) is 24.8 Å². The number of carbonyl (C=O) groups is 1. The van der Waals surface area contributed by atoms with Gasteiger partial charge in [0.1, 0.15) is 18.2 Å². The summed E-state index contributed by atoms with van der Waals surface area (Å²) in [5.41, 5.74) is 0.529. The van der Waals surface area contributed by atoms with E-state index in [1.807, 2.05) is 20.8 Å². The van der Waals surface area contributed by atoms with Gasteiger partial charge in [-0.15, -0.1) is 0 Å². The van der Waals surface area contributed by atoms with E-state index in [1.165, 1.54) is 18.2 Å². The van der Waals surface area contributed by atoms with Crippen LogP contribution in [0.2, 0.25) is 0 Å². The molecule has 1 aliphatic heterocycles. The fourth-order valence-electron chi connectivity index (χ4n) is 2.54. The summed E-state index contributed by atoms with van der Waals surface area (Å²) < 4.78 is 18.6. The minimum absolute atomic E-state index is 0.0360. The Kier molecular flexibility index (Phi) is 4.52. The fraction of sp³-hybridized carbons (Fsp3) is 0.562. The summed E-state index contributed by atoms with van der Waals surface area (Å²) in [6.07, 6.45) is -0.0581. The zero-order valence-corrected chi connectivity index (χ0v) is 12.7. The third-order valence-corrected chi connectivity index (χ3v) is 3.34. The first-order chi connectivity index (χ1) is 9.76. The molecule has 116 valence electrons. The highest BCUT2D eigenvalue weighted by Gasteiger charge is 2.27. The molecule has 1 N–H and O–H groups in total. The van der Waals surface area contributed by atoms with Gasteiger partial charge in [-0.05, 0) is 24.0 Å². The Bertz CT molecular complexity index is 525. The van der Waals surface area contributed by atoms with Crippen molar-refractivity contribution in [1.29, 1.82) is 0 Å². The van der Waals surface area contributed by atoms with E-state index in [-0.39, 0.29) is 17.7 Å². The molecule has 0 saturated carbocycles. The zero-order chi connectivity index (χ0) is 15.6. The van der Waals surface area contributed by atoms with Crippen LogP contribution in [0.4, 0.5) is 10.1 Å². The number of aliphatic hydroxyl groups excluding tert-OH is 1. The largest absolute Gasteiger partial charge is 0.489 e. The van der Waals surface area contributed by atoms with Crippen LogP contribution in [0.25, 0.3) is 0 Å². The van der Waals surface area contributed by atoms with Gasteiger partial charge in [-0.2, -0.15) is 0 Å². The number of carbonyl (C=O) groups excluding carboxylic acids is 1. The van der Waals surface area contributed by atoms with Crippen LogP contribution in [0.3, 0.4) is 0 Å². The normalized spacial score (nSPS) is 16.1. The molecule has 1 aromatic carbocycles. The molecule has 0 bridgehead atoms. The fourth-order valence-corrected chi connectivity index (χ4v) is 2.54. The molecule has 1 heterocycles. The number of hydrogen-bond acceptors (Lipinski definition) is 3. The Labute approximate surface area is 124 Å². The number of aliphatic hydroxyl groups is 1. The minimum Gasteiger partial charge on any atom is -0.489 e. The third-order valence-electron chi connectivity index (χ3n) is 3.34. The van der Waals surface area contributed by atoms with Crippen LogP contribution in [-0.2, 0) is 4.79 Å². The molecule has 21 heavy (non-hydrogen) atoms. The number of halogens is 1. The van der Waals surface area contributed by atoms with Crippen molar-refractivity contribution in [3.05, 3.63) is 24.0 Å². The van der Waals surface area contributed by atoms with E-state index < -0.39 is 11.9 Å². The van der Waals surface area contributed by atoms with Crippen molar-refractivity contribution < 1.29 is 19.0 Å². The predicted octanol–water partition coefficient (Wildman–Crippen LogP) is 2.74. The van der Waals surface area contributed by atoms with E-state index in [0.29, 0.717) is 31.0 Å². The summed E-state index contributed by atoms with van der Waals surface area (Å²) >= 11 is 0. The molecule has 2 rings (SSSR count). The van der Waals surface area contributed by atoms with E-state index in [0.717, 1.165) is 0 Å². The van der Waals surface area contributed by atoms with Crippen LogP contribution in [-0.4, -0.2) is 30.3 Å². The van der Waals surface area contributed by atoms with Crippen molar-refractivity contribution >= 4 is 11.6 Å². The van der Waals surface area contributed by atoms with Crippen LogP contribution < -0.4 is 9.64 Å². The summed E-state index contributed by atoms with van der Waals surface area (Å²) in [5, 5.41) is 10.0. The number of nitrogens with zero attached hydrogens (tertiary/aromatic N) is 1. The third kappa shape index (κ3) is 4.17. The number of amides is 1. The molecule has 0 saturated heterocycles. The highest BCUT2D eigenvalue weighted by Crippen LogP contribution is 2.33. The molecule has 0 spiro atoms. The van der Waals surface area contributed by atoms with Crippen LogP contribution >= 0.6 is 0 Å². The van der Waals surface area contributed by atoms with Gasteiger partial charge in [0.25, 0.3) is 0 Å². The first-order valence-electron chi connectivity index (χ1n) is 7.17. The first-order valence-corrected chi connectivity index (χ1v) is 7.17. The molecule has 1 unspecified atom stereocenters. The van der Waals surface area contributed by atoms with Crippen molar-refractivity contribution in [2.45, 2.75) is 39.7 Å². The molecule has 1 aromatic rings. The number of benzene rings is 1. The average Bonchev–Trinajstić information content (AvgIpc) is 2.35. The SMILES string of the molecule is CC(C)(C)CC(O)CC(=O)N1CCOc2cc(F)ccc21. The van der Waals surface area contributed by atoms with Crippen LogP contribution in [0.1, 0.15) is 33.6 Å². The van der Waals surface area contributed by atoms with Gasteiger partial charge in [0.15, 0.2) is 0 Å². The number of ether oxygens (including phenoxy) is 1. The molecule has 0 aromatic heterocycles. The second kappa shape index (κ2) is 6.02. The Morgan fingerprint density at radius 3 is 2.86 bits per heavy atom. The molecular weight excluding hydrogens is 273 g/mol. The van der Waals surface area contributed by atoms with Gasteiger partial charge in [-0.25, -0.2) is 4.39 Å². The number of hydrogen-bond donors (Lipinski definition) is 1. The minimum atomic E-state index is -0.677. The summed E-state index contributed by atoms with van der Waals surface area (Å²) in [7, 11) is 0. The summed E-state index contributed by atoms with van der Waals surface area (Å²) in [6.45, 7) is 6.81. The maximum atomic E-state index is 13.2. The lowest BCUT2D eigenvalue weighted by Crippen LogP contribution is -2.39. The maximum absolute atomic E-state index is 13.2. The zero-order valence-electron chi connectivity index (χ0n) is 12.7. The van der Waals surface area contributed by atoms with Gasteiger partial charge < -0.3 is 14.7 Å². The molecule has 1 atom stereocenters. The number of rotatable bonds is 3. The van der Waals surface area contributed by atoms with E-state index in [1.54, 1.807) is 4.90 Å². The quantitative estimate of drug-likeness (QED) is 0.933. The summed E-state index contributed by atoms with van der Waals surface area (Å²) in [6, 6.07) is 4.12. The van der Waals surface area contributed by atoms with Crippen molar-refractivity contribution in [2.24, 2.45) is 5.41 Å². The molecule has 0 radical (unpaired) electrons. The smallest absolute Gasteiger partial charge is 0.229 e. The predicted molar refractivity (Wildman–Crippen MR) is 78.9 cm³/mol. The lowest BCUT2D eigenvalue weighted by atomic mass is 9.88. The van der Waals surface area contributed by atoms with E-state index in [2.05, 4.69) is 0 Å². The molecule has 4 nitrogen and oxygen atoms in total. The van der Waals surface area contributed by atoms with Gasteiger partial charge in [-0.3, -0.25) is 4.79 Å². The van der Waals surface area contributed by atoms with Crippen molar-refractivity contribution in [3.8, 4) is 5.75 Å². The highest BCUT2D eigenvalue weighted by atomic mass is 19.1. The molecule has 1 amide bonds. The summed E-state index contributed by atoms with van der Waals surface area (Å²) in [5.74, 6) is -0.182. The molecule has 1 aliphatic rings. The lowest BCUT2D eigenvalue weighted by molar-refractivity contribution is -0.121. The van der Waals surface area contributed by atoms with E-state index >= 15 is 0 Å². The molecular formula is C16H22FNO3. The average molecular weight is 295 g/mol. The molecule has 0 aliphatic carbocycles. The van der Waals surface area contributed by atoms with Crippen LogP contribution in [0, 0.1) is 11.2 Å². The van der Waals surface area contributed by atoms with Gasteiger partial charge >= 0.3 is 0 Å². The Balaban J connectivity index is 2.08. The van der Waals surface area contributed by atoms with Crippen molar-refractivity contribution in [1.82, 2.24) is 0 Å². The first kappa shape index (κ1) is 15.8. The second-order valence-corrected chi connectivity index (χ2v) is 6.63. The molecule has 0 fully saturated rings. The lowest BCUT2D eigenvalue weighted by Gasteiger charge is -2.31. The number of fused-ring (bicyclic) bond motifs is 1. The van der Waals surface area contributed by atoms with Crippen molar-refractivity contribution in [3.63, 3.8) is 0 Å². The standard InChI is InChI=1S/C16H22FNO3/c1-16(2,3)10-12(19)9-15(20)18-6-7-21-14-8-11(17)4-5-13(14)18/h4-5,8,12,19H,6-7,9-10H2,1-3H3. The van der Waals surface area contributed by atoms with Crippen molar-refractivity contribution in [2.75, 3.05) is 18.1 Å².